The molecule has 1 aromatic heterocycles. The molecule has 1 aromatic carbocycles. The predicted octanol–water partition coefficient (Wildman–Crippen LogP) is 0.592. The Kier molecular flexibility index (Phi) is 5.55. The molecule has 2 unspecified atom stereocenters. The van der Waals surface area contributed by atoms with Gasteiger partial charge in [0.2, 0.25) is 5.91 Å². The number of hydrogen-bond acceptors (Lipinski definition) is 5. The highest BCUT2D eigenvalue weighted by Gasteiger charge is 2.23. The zero-order chi connectivity index (χ0) is 16.8. The van der Waals surface area contributed by atoms with Crippen LogP contribution in [0.5, 0.6) is 0 Å². The van der Waals surface area contributed by atoms with Gasteiger partial charge in [0, 0.05) is 26.1 Å². The van der Waals surface area contributed by atoms with E-state index in [0.29, 0.717) is 26.1 Å². The minimum absolute atomic E-state index is 0.0110. The molecule has 2 N–H and O–H groups in total. The number of rotatable bonds is 8. The highest BCUT2D eigenvalue weighted by atomic mass is 16.3. The Labute approximate surface area is 141 Å². The monoisotopic (exact) mass is 329 g/mol. The molecule has 0 aliphatic carbocycles. The number of aliphatic hydroxyl groups is 1. The van der Waals surface area contributed by atoms with Gasteiger partial charge >= 0.3 is 0 Å². The van der Waals surface area contributed by atoms with Crippen molar-refractivity contribution in [3.8, 4) is 0 Å². The molecule has 0 saturated carbocycles. The van der Waals surface area contributed by atoms with Gasteiger partial charge in [-0.25, -0.2) is 4.98 Å². The van der Waals surface area contributed by atoms with Crippen molar-refractivity contribution in [1.29, 1.82) is 0 Å². The van der Waals surface area contributed by atoms with Crippen molar-refractivity contribution in [1.82, 2.24) is 25.0 Å². The lowest BCUT2D eigenvalue weighted by Crippen LogP contribution is -2.40. The van der Waals surface area contributed by atoms with E-state index >= 15 is 0 Å². The molecule has 1 aliphatic rings. The molecule has 2 atom stereocenters. The lowest BCUT2D eigenvalue weighted by atomic mass is 10.1. The van der Waals surface area contributed by atoms with Crippen LogP contribution in [0.4, 0.5) is 0 Å². The van der Waals surface area contributed by atoms with Crippen LogP contribution in [-0.4, -0.2) is 56.4 Å². The van der Waals surface area contributed by atoms with Crippen LogP contribution in [0.3, 0.4) is 0 Å². The number of aliphatic hydroxyl groups excluding tert-OH is 1. The van der Waals surface area contributed by atoms with Gasteiger partial charge in [-0.3, -0.25) is 9.48 Å². The van der Waals surface area contributed by atoms with Crippen LogP contribution in [0.15, 0.2) is 43.0 Å². The second-order valence-electron chi connectivity index (χ2n) is 6.09. The first kappa shape index (κ1) is 16.6. The molecular formula is C17H23N5O2. The van der Waals surface area contributed by atoms with E-state index < -0.39 is 6.10 Å². The molecule has 128 valence electrons. The Bertz CT molecular complexity index is 632. The average Bonchev–Trinajstić information content (AvgIpc) is 3.25. The Morgan fingerprint density at radius 2 is 2.08 bits per heavy atom. The third kappa shape index (κ3) is 4.39. The highest BCUT2D eigenvalue weighted by molar-refractivity contribution is 5.78. The second kappa shape index (κ2) is 8.03. The van der Waals surface area contributed by atoms with Crippen molar-refractivity contribution < 1.29 is 9.90 Å². The molecule has 1 saturated heterocycles. The minimum Gasteiger partial charge on any atom is -0.390 e. The molecule has 0 radical (unpaired) electrons. The van der Waals surface area contributed by atoms with E-state index in [1.807, 2.05) is 30.3 Å². The van der Waals surface area contributed by atoms with Crippen molar-refractivity contribution in [3.63, 3.8) is 0 Å². The predicted molar refractivity (Wildman–Crippen MR) is 89.0 cm³/mol. The van der Waals surface area contributed by atoms with Crippen molar-refractivity contribution in [2.75, 3.05) is 19.6 Å². The number of likely N-dealkylation sites (tertiary alicyclic amines) is 1. The van der Waals surface area contributed by atoms with Crippen molar-refractivity contribution in [3.05, 3.63) is 48.5 Å². The number of carbonyl (C=O) groups is 1. The molecule has 1 fully saturated rings. The van der Waals surface area contributed by atoms with Gasteiger partial charge in [0.25, 0.3) is 0 Å². The minimum atomic E-state index is -0.589. The maximum atomic E-state index is 11.7. The van der Waals surface area contributed by atoms with Crippen LogP contribution in [0, 0.1) is 0 Å². The van der Waals surface area contributed by atoms with Crippen LogP contribution in [0.25, 0.3) is 0 Å². The topological polar surface area (TPSA) is 83.3 Å². The van der Waals surface area contributed by atoms with Gasteiger partial charge in [0.05, 0.1) is 18.7 Å². The Morgan fingerprint density at radius 1 is 1.25 bits per heavy atom. The van der Waals surface area contributed by atoms with Crippen molar-refractivity contribution in [2.45, 2.75) is 31.5 Å². The maximum absolute atomic E-state index is 11.7. The number of amides is 1. The summed E-state index contributed by atoms with van der Waals surface area (Å²) < 4.78 is 1.76. The lowest BCUT2D eigenvalue weighted by molar-refractivity contribution is -0.128. The van der Waals surface area contributed by atoms with Gasteiger partial charge in [0.1, 0.15) is 12.7 Å². The molecule has 2 aromatic rings. The number of hydrogen-bond donors (Lipinski definition) is 2. The van der Waals surface area contributed by atoms with Crippen LogP contribution < -0.4 is 5.32 Å². The summed E-state index contributed by atoms with van der Waals surface area (Å²) in [5, 5.41) is 17.8. The normalized spacial score (nSPS) is 17.2. The number of nitrogens with one attached hydrogen (secondary N) is 1. The van der Waals surface area contributed by atoms with E-state index in [0.717, 1.165) is 18.5 Å². The maximum Gasteiger partial charge on any atom is 0.222 e. The van der Waals surface area contributed by atoms with Gasteiger partial charge in [-0.15, -0.1) is 0 Å². The molecule has 7 heteroatoms. The van der Waals surface area contributed by atoms with Gasteiger partial charge < -0.3 is 15.3 Å². The number of carbonyl (C=O) groups excluding carboxylic acids is 1. The van der Waals surface area contributed by atoms with Crippen molar-refractivity contribution >= 4 is 5.91 Å². The quantitative estimate of drug-likeness (QED) is 0.741. The standard InChI is InChI=1S/C17H23N5O2/c23-15(10-21-8-4-7-17(21)24)9-19-16(11-22-13-18-12-20-22)14-5-2-1-3-6-14/h1-3,5-6,12-13,15-16,19,23H,4,7-11H2. The summed E-state index contributed by atoms with van der Waals surface area (Å²) in [5.41, 5.74) is 1.12. The summed E-state index contributed by atoms with van der Waals surface area (Å²) >= 11 is 0. The first-order valence-electron chi connectivity index (χ1n) is 8.29. The molecule has 1 amide bonds. The van der Waals surface area contributed by atoms with Crippen molar-refractivity contribution in [2.24, 2.45) is 0 Å². The van der Waals surface area contributed by atoms with Crippen LogP contribution >= 0.6 is 0 Å². The number of β-amino-alcohol motifs (C(OH)–C–C–N with tert-alkyl or cyclic N) is 1. The molecular weight excluding hydrogens is 306 g/mol. The largest absolute Gasteiger partial charge is 0.390 e. The van der Waals surface area contributed by atoms with E-state index in [2.05, 4.69) is 15.4 Å². The summed E-state index contributed by atoms with van der Waals surface area (Å²) in [7, 11) is 0. The summed E-state index contributed by atoms with van der Waals surface area (Å²) in [5.74, 6) is 0.135. The number of benzene rings is 1. The molecule has 1 aliphatic heterocycles. The fraction of sp³-hybridized carbons (Fsp3) is 0.471. The van der Waals surface area contributed by atoms with Crippen LogP contribution in [-0.2, 0) is 11.3 Å². The van der Waals surface area contributed by atoms with E-state index in [1.165, 1.54) is 6.33 Å². The molecule has 0 bridgehead atoms. The van der Waals surface area contributed by atoms with Crippen LogP contribution in [0.1, 0.15) is 24.4 Å². The first-order chi connectivity index (χ1) is 11.7. The Hall–Kier alpha value is -2.25. The zero-order valence-electron chi connectivity index (χ0n) is 13.6. The van der Waals surface area contributed by atoms with E-state index in [9.17, 15) is 9.90 Å². The Morgan fingerprint density at radius 3 is 2.75 bits per heavy atom. The third-order valence-electron chi connectivity index (χ3n) is 4.24. The van der Waals surface area contributed by atoms with Gasteiger partial charge in [0.15, 0.2) is 0 Å². The lowest BCUT2D eigenvalue weighted by Gasteiger charge is -2.24. The molecule has 2 heterocycles. The summed E-state index contributed by atoms with van der Waals surface area (Å²) in [6, 6.07) is 10.1. The van der Waals surface area contributed by atoms with Gasteiger partial charge in [-0.05, 0) is 12.0 Å². The molecule has 7 nitrogen and oxygen atoms in total. The Balaban J connectivity index is 1.58. The first-order valence-corrected chi connectivity index (χ1v) is 8.29. The van der Waals surface area contributed by atoms with Crippen LogP contribution in [0.2, 0.25) is 0 Å². The summed E-state index contributed by atoms with van der Waals surface area (Å²) in [6.45, 7) is 2.17. The highest BCUT2D eigenvalue weighted by Crippen LogP contribution is 2.15. The van der Waals surface area contributed by atoms with E-state index in [4.69, 9.17) is 0 Å². The zero-order valence-corrected chi connectivity index (χ0v) is 13.6. The third-order valence-corrected chi connectivity index (χ3v) is 4.24. The fourth-order valence-electron chi connectivity index (χ4n) is 2.98. The fourth-order valence-corrected chi connectivity index (χ4v) is 2.98. The van der Waals surface area contributed by atoms with E-state index in [1.54, 1.807) is 15.9 Å². The summed E-state index contributed by atoms with van der Waals surface area (Å²) in [6.07, 6.45) is 4.08. The SMILES string of the molecule is O=C1CCCN1CC(O)CNC(Cn1cncn1)c1ccccc1. The number of aromatic nitrogens is 3. The van der Waals surface area contributed by atoms with Gasteiger partial charge in [-0.1, -0.05) is 30.3 Å². The molecule has 24 heavy (non-hydrogen) atoms. The molecule has 0 spiro atoms. The summed E-state index contributed by atoms with van der Waals surface area (Å²) in [4.78, 5) is 17.4. The van der Waals surface area contributed by atoms with E-state index in [-0.39, 0.29) is 11.9 Å². The smallest absolute Gasteiger partial charge is 0.222 e. The van der Waals surface area contributed by atoms with Gasteiger partial charge in [-0.2, -0.15) is 5.10 Å². The molecule has 3 rings (SSSR count). The average molecular weight is 329 g/mol. The number of nitrogens with zero attached hydrogens (tertiary/aromatic N) is 4. The second-order valence-corrected chi connectivity index (χ2v) is 6.09.